The van der Waals surface area contributed by atoms with Gasteiger partial charge in [0.25, 0.3) is 8.68 Å². The lowest BCUT2D eigenvalue weighted by atomic mass is 11.0. The van der Waals surface area contributed by atoms with Crippen LogP contribution in [0.15, 0.2) is 0 Å². The molecule has 0 radical (unpaired) electrons. The van der Waals surface area contributed by atoms with Crippen LogP contribution in [0.3, 0.4) is 0 Å². The molecule has 0 bridgehead atoms. The Labute approximate surface area is 109 Å². The summed E-state index contributed by atoms with van der Waals surface area (Å²) < 4.78 is 35.8. The molecule has 0 unspecified atom stereocenters. The van der Waals surface area contributed by atoms with Gasteiger partial charge in [-0.1, -0.05) is 6.92 Å². The first-order valence-corrected chi connectivity index (χ1v) is 16.3. The summed E-state index contributed by atoms with van der Waals surface area (Å²) in [6.45, 7) is 13.7. The summed E-state index contributed by atoms with van der Waals surface area (Å²) in [7, 11) is -8.95. The largest absolute Gasteiger partial charge is 0.388 e. The Morgan fingerprint density at radius 2 is 1.35 bits per heavy atom. The molecule has 0 heterocycles. The molecule has 17 heavy (non-hydrogen) atoms. The minimum atomic E-state index is -3.18. The maximum atomic E-state index is 12.7. The summed E-state index contributed by atoms with van der Waals surface area (Å²) in [6, 6.07) is 0.554. The maximum Gasteiger partial charge on any atom is 0.315 e. The van der Waals surface area contributed by atoms with Gasteiger partial charge in [-0.3, -0.25) is 4.57 Å². The Morgan fingerprint density at radius 3 is 1.59 bits per heavy atom. The van der Waals surface area contributed by atoms with Crippen LogP contribution in [0.25, 0.3) is 0 Å². The van der Waals surface area contributed by atoms with Crippen molar-refractivity contribution < 1.29 is 17.5 Å². The lowest BCUT2D eigenvalue weighted by Crippen LogP contribution is -2.31. The van der Waals surface area contributed by atoms with E-state index in [0.29, 0.717) is 6.04 Å². The summed E-state index contributed by atoms with van der Waals surface area (Å²) in [5.74, 6) is 0.0999. The summed E-state index contributed by atoms with van der Waals surface area (Å²) in [5.41, 5.74) is 0. The molecule has 0 aromatic rings. The van der Waals surface area contributed by atoms with Gasteiger partial charge >= 0.3 is 7.60 Å². The summed E-state index contributed by atoms with van der Waals surface area (Å²) in [5, 5.41) is 0. The molecule has 0 spiro atoms. The Hall–Kier alpha value is 0.601. The van der Waals surface area contributed by atoms with Crippen LogP contribution in [0.4, 0.5) is 0 Å². The van der Waals surface area contributed by atoms with Crippen LogP contribution in [-0.4, -0.2) is 31.1 Å². The molecular formula is C9H25O4PSi3. The van der Waals surface area contributed by atoms with E-state index in [-0.39, 0.29) is 5.79 Å². The highest BCUT2D eigenvalue weighted by Crippen LogP contribution is 2.52. The van der Waals surface area contributed by atoms with E-state index in [1.807, 2.05) is 46.2 Å². The zero-order valence-electron chi connectivity index (χ0n) is 12.0. The molecule has 0 saturated heterocycles. The van der Waals surface area contributed by atoms with E-state index in [1.54, 1.807) is 0 Å². The Kier molecular flexibility index (Phi) is 6.38. The van der Waals surface area contributed by atoms with Gasteiger partial charge in [0.05, 0.1) is 5.79 Å². The molecule has 0 saturated carbocycles. The van der Waals surface area contributed by atoms with Crippen molar-refractivity contribution in [1.82, 2.24) is 0 Å². The van der Waals surface area contributed by atoms with Gasteiger partial charge < -0.3 is 12.9 Å². The van der Waals surface area contributed by atoms with E-state index >= 15 is 0 Å². The molecule has 102 valence electrons. The van der Waals surface area contributed by atoms with E-state index in [1.165, 1.54) is 0 Å². The maximum absolute atomic E-state index is 12.7. The zero-order chi connectivity index (χ0) is 13.9. The molecule has 0 N–H and O–H groups in total. The van der Waals surface area contributed by atoms with Gasteiger partial charge in [0.1, 0.15) is 0 Å². The number of hydrogen-bond donors (Lipinski definition) is 0. The van der Waals surface area contributed by atoms with E-state index in [9.17, 15) is 9.03 Å². The molecule has 0 aliphatic rings. The van der Waals surface area contributed by atoms with Crippen molar-refractivity contribution >= 4 is 32.9 Å². The van der Waals surface area contributed by atoms with Crippen molar-refractivity contribution in [1.29, 1.82) is 0 Å². The molecular weight excluding hydrogens is 287 g/mol. The first-order chi connectivity index (χ1) is 7.37. The van der Waals surface area contributed by atoms with Gasteiger partial charge in [0, 0.05) is 0 Å². The zero-order valence-corrected chi connectivity index (χ0v) is 15.9. The molecule has 0 fully saturated rings. The molecule has 0 aliphatic heterocycles. The van der Waals surface area contributed by atoms with Crippen molar-refractivity contribution in [3.63, 3.8) is 0 Å². The Bertz CT molecular complexity index is 299. The summed E-state index contributed by atoms with van der Waals surface area (Å²) >= 11 is 0. The first kappa shape index (κ1) is 17.6. The second kappa shape index (κ2) is 6.16. The van der Waals surface area contributed by atoms with Crippen molar-refractivity contribution in [3.05, 3.63) is 0 Å². The highest BCUT2D eigenvalue weighted by atomic mass is 31.2. The van der Waals surface area contributed by atoms with Gasteiger partial charge in [-0.05, 0) is 45.3 Å². The fourth-order valence-electron chi connectivity index (χ4n) is 1.25. The van der Waals surface area contributed by atoms with E-state index in [0.717, 1.165) is 0 Å². The van der Waals surface area contributed by atoms with Gasteiger partial charge in [-0.25, -0.2) is 0 Å². The summed E-state index contributed by atoms with van der Waals surface area (Å²) in [6.07, 6.45) is 0. The van der Waals surface area contributed by atoms with E-state index in [4.69, 9.17) is 8.43 Å². The second-order valence-electron chi connectivity index (χ2n) is 6.07. The van der Waals surface area contributed by atoms with Crippen LogP contribution in [0.1, 0.15) is 6.92 Å². The van der Waals surface area contributed by atoms with E-state index in [2.05, 4.69) is 0 Å². The van der Waals surface area contributed by atoms with Crippen LogP contribution in [0, 0.1) is 0 Å². The predicted molar refractivity (Wildman–Crippen MR) is 78.3 cm³/mol. The van der Waals surface area contributed by atoms with E-state index < -0.39 is 32.9 Å². The highest BCUT2D eigenvalue weighted by molar-refractivity contribution is 7.59. The van der Waals surface area contributed by atoms with Crippen molar-refractivity contribution in [2.75, 3.05) is 5.79 Å². The van der Waals surface area contributed by atoms with Crippen LogP contribution >= 0.6 is 7.60 Å². The lowest BCUT2D eigenvalue weighted by Gasteiger charge is -2.30. The lowest BCUT2D eigenvalue weighted by molar-refractivity contribution is 0.387. The van der Waals surface area contributed by atoms with Gasteiger partial charge in [-0.15, -0.1) is 0 Å². The molecule has 0 rings (SSSR count). The highest BCUT2D eigenvalue weighted by Gasteiger charge is 2.38. The minimum Gasteiger partial charge on any atom is -0.388 e. The summed E-state index contributed by atoms with van der Waals surface area (Å²) in [4.78, 5) is 0. The molecule has 8 heteroatoms. The fourth-order valence-corrected chi connectivity index (χ4v) is 12.7. The number of rotatable bonds is 7. The standard InChI is InChI=1S/C9H25O4PSi3/c1-8-15(11)9-14(10,12-16(2,3)4)13-17(5,6)7/h8-9H2,1-7H3. The van der Waals surface area contributed by atoms with Gasteiger partial charge in [-0.2, -0.15) is 0 Å². The van der Waals surface area contributed by atoms with Gasteiger partial charge in [0.15, 0.2) is 16.6 Å². The van der Waals surface area contributed by atoms with Crippen molar-refractivity contribution in [2.24, 2.45) is 0 Å². The average Bonchev–Trinajstić information content (AvgIpc) is 1.94. The Balaban J connectivity index is 4.95. The monoisotopic (exact) mass is 312 g/mol. The first-order valence-electron chi connectivity index (χ1n) is 5.89. The quantitative estimate of drug-likeness (QED) is 0.529. The van der Waals surface area contributed by atoms with Crippen LogP contribution in [-0.2, 0) is 17.5 Å². The van der Waals surface area contributed by atoms with Crippen molar-refractivity contribution in [3.8, 4) is 0 Å². The molecule has 4 nitrogen and oxygen atoms in total. The second-order valence-corrected chi connectivity index (χ2v) is 20.2. The fraction of sp³-hybridized carbons (Fsp3) is 1.00. The molecule has 0 amide bonds. The topological polar surface area (TPSA) is 52.6 Å². The molecule has 0 aromatic heterocycles. The predicted octanol–water partition coefficient (Wildman–Crippen LogP) is 3.86. The normalized spacial score (nSPS) is 13.8. The third kappa shape index (κ3) is 9.21. The number of hydrogen-bond acceptors (Lipinski definition) is 4. The van der Waals surface area contributed by atoms with Crippen molar-refractivity contribution in [2.45, 2.75) is 52.2 Å². The third-order valence-corrected chi connectivity index (χ3v) is 11.9. The Morgan fingerprint density at radius 1 is 1.00 bits per heavy atom. The van der Waals surface area contributed by atoms with Crippen LogP contribution in [0.2, 0.25) is 45.3 Å². The van der Waals surface area contributed by atoms with Crippen LogP contribution in [0.5, 0.6) is 0 Å². The molecule has 0 aliphatic carbocycles. The SMILES string of the molecule is CC[Si](=O)CP(=O)(O[Si](C)(C)C)O[Si](C)(C)C. The minimum absolute atomic E-state index is 0.0999. The van der Waals surface area contributed by atoms with Gasteiger partial charge in [0.2, 0.25) is 0 Å². The molecule has 0 atom stereocenters. The average molecular weight is 313 g/mol. The third-order valence-electron chi connectivity index (χ3n) is 1.59. The molecule has 0 aromatic carbocycles. The van der Waals surface area contributed by atoms with Crippen LogP contribution < -0.4 is 0 Å². The smallest absolute Gasteiger partial charge is 0.315 e.